The molecule has 0 N–H and O–H groups in total. The Morgan fingerprint density at radius 3 is 2.44 bits per heavy atom. The Morgan fingerprint density at radius 2 is 1.89 bits per heavy atom. The van der Waals surface area contributed by atoms with Crippen molar-refractivity contribution in [3.63, 3.8) is 0 Å². The van der Waals surface area contributed by atoms with Gasteiger partial charge >= 0.3 is 6.18 Å². The van der Waals surface area contributed by atoms with E-state index in [0.29, 0.717) is 0 Å². The zero-order valence-electron chi connectivity index (χ0n) is 9.44. The molecule has 0 saturated carbocycles. The Labute approximate surface area is 103 Å². The molecule has 0 aliphatic carbocycles. The minimum absolute atomic E-state index is 0.0397. The third-order valence-electron chi connectivity index (χ3n) is 1.94. The molecule has 0 heterocycles. The SMILES string of the molecule is CS(=O)(=O)OC/C=C/c1ccccc1C(F)(F)F. The molecule has 18 heavy (non-hydrogen) atoms. The lowest BCUT2D eigenvalue weighted by Gasteiger charge is -2.09. The normalized spacial score (nSPS) is 13.1. The topological polar surface area (TPSA) is 43.4 Å². The maximum absolute atomic E-state index is 12.6. The van der Waals surface area contributed by atoms with Crippen LogP contribution in [0.25, 0.3) is 6.08 Å². The number of rotatable bonds is 4. The Bertz CT molecular complexity index is 533. The zero-order chi connectivity index (χ0) is 13.8. The lowest BCUT2D eigenvalue weighted by Crippen LogP contribution is -2.07. The fourth-order valence-electron chi connectivity index (χ4n) is 1.24. The second kappa shape index (κ2) is 5.53. The third-order valence-corrected chi connectivity index (χ3v) is 2.51. The summed E-state index contributed by atoms with van der Waals surface area (Å²) in [4.78, 5) is 0. The molecule has 0 aromatic heterocycles. The summed E-state index contributed by atoms with van der Waals surface area (Å²) in [6.45, 7) is -0.301. The molecule has 3 nitrogen and oxygen atoms in total. The zero-order valence-corrected chi connectivity index (χ0v) is 10.3. The molecule has 0 aliphatic rings. The van der Waals surface area contributed by atoms with E-state index in [4.69, 9.17) is 0 Å². The largest absolute Gasteiger partial charge is 0.416 e. The quantitative estimate of drug-likeness (QED) is 0.796. The fraction of sp³-hybridized carbons (Fsp3) is 0.273. The van der Waals surface area contributed by atoms with Crippen molar-refractivity contribution in [2.75, 3.05) is 12.9 Å². The van der Waals surface area contributed by atoms with Gasteiger partial charge in [-0.2, -0.15) is 21.6 Å². The lowest BCUT2D eigenvalue weighted by atomic mass is 10.1. The molecule has 7 heteroatoms. The molecule has 100 valence electrons. The molecule has 1 rings (SSSR count). The first-order chi connectivity index (χ1) is 8.20. The Kier molecular flexibility index (Phi) is 4.53. The van der Waals surface area contributed by atoms with Gasteiger partial charge in [-0.05, 0) is 11.6 Å². The van der Waals surface area contributed by atoms with Crippen molar-refractivity contribution >= 4 is 16.2 Å². The first kappa shape index (κ1) is 14.7. The molecule has 0 spiro atoms. The van der Waals surface area contributed by atoms with Gasteiger partial charge in [0.05, 0.1) is 18.4 Å². The molecule has 0 aliphatic heterocycles. The van der Waals surface area contributed by atoms with Gasteiger partial charge in [-0.1, -0.05) is 30.4 Å². The molecule has 0 bridgehead atoms. The molecule has 0 fully saturated rings. The molecular formula is C11H11F3O3S. The summed E-state index contributed by atoms with van der Waals surface area (Å²) < 4.78 is 63.4. The molecule has 0 atom stereocenters. The van der Waals surface area contributed by atoms with Crippen LogP contribution in [0.15, 0.2) is 30.3 Å². The fourth-order valence-corrected chi connectivity index (χ4v) is 1.56. The van der Waals surface area contributed by atoms with Crippen molar-refractivity contribution in [3.05, 3.63) is 41.5 Å². The minimum atomic E-state index is -4.45. The van der Waals surface area contributed by atoms with Crippen LogP contribution in [-0.4, -0.2) is 21.3 Å². The van der Waals surface area contributed by atoms with E-state index in [1.807, 2.05) is 0 Å². The van der Waals surface area contributed by atoms with Crippen LogP contribution < -0.4 is 0 Å². The van der Waals surface area contributed by atoms with Crippen molar-refractivity contribution in [3.8, 4) is 0 Å². The number of halogens is 3. The van der Waals surface area contributed by atoms with Crippen LogP contribution in [0.4, 0.5) is 13.2 Å². The maximum atomic E-state index is 12.6. The summed E-state index contributed by atoms with van der Waals surface area (Å²) in [6.07, 6.45) is -1.19. The summed E-state index contributed by atoms with van der Waals surface area (Å²) in [5.41, 5.74) is -0.817. The van der Waals surface area contributed by atoms with Gasteiger partial charge in [-0.25, -0.2) is 0 Å². The second-order valence-electron chi connectivity index (χ2n) is 3.48. The van der Waals surface area contributed by atoms with Crippen LogP contribution in [0.3, 0.4) is 0 Å². The Hall–Kier alpha value is -1.34. The predicted octanol–water partition coefficient (Wildman–Crippen LogP) is 2.69. The highest BCUT2D eigenvalue weighted by Crippen LogP contribution is 2.32. The van der Waals surface area contributed by atoms with Gasteiger partial charge in [-0.15, -0.1) is 0 Å². The van der Waals surface area contributed by atoms with Crippen LogP contribution in [0, 0.1) is 0 Å². The van der Waals surface area contributed by atoms with Gasteiger partial charge in [0, 0.05) is 0 Å². The average molecular weight is 280 g/mol. The highest BCUT2D eigenvalue weighted by molar-refractivity contribution is 7.85. The molecule has 0 amide bonds. The smallest absolute Gasteiger partial charge is 0.266 e. The summed E-state index contributed by atoms with van der Waals surface area (Å²) >= 11 is 0. The van der Waals surface area contributed by atoms with Gasteiger partial charge in [-0.3, -0.25) is 4.18 Å². The van der Waals surface area contributed by atoms with Crippen LogP contribution in [0.5, 0.6) is 0 Å². The molecule has 1 aromatic rings. The van der Waals surface area contributed by atoms with Gasteiger partial charge in [0.25, 0.3) is 10.1 Å². The van der Waals surface area contributed by atoms with E-state index in [1.54, 1.807) is 0 Å². The first-order valence-corrected chi connectivity index (χ1v) is 6.69. The van der Waals surface area contributed by atoms with E-state index >= 15 is 0 Å². The van der Waals surface area contributed by atoms with Gasteiger partial charge in [0.15, 0.2) is 0 Å². The molecule has 0 saturated heterocycles. The highest BCUT2D eigenvalue weighted by atomic mass is 32.2. The average Bonchev–Trinajstić information content (AvgIpc) is 2.22. The molecule has 0 radical (unpaired) electrons. The summed E-state index contributed by atoms with van der Waals surface area (Å²) in [7, 11) is -3.59. The standard InChI is InChI=1S/C11H11F3O3S/c1-18(15,16)17-8-4-6-9-5-2-3-7-10(9)11(12,13)14/h2-7H,8H2,1H3/b6-4+. The molecular weight excluding hydrogens is 269 g/mol. The van der Waals surface area contributed by atoms with Crippen molar-refractivity contribution in [1.29, 1.82) is 0 Å². The minimum Gasteiger partial charge on any atom is -0.266 e. The van der Waals surface area contributed by atoms with E-state index in [1.165, 1.54) is 30.4 Å². The third kappa shape index (κ3) is 4.89. The van der Waals surface area contributed by atoms with E-state index < -0.39 is 21.9 Å². The second-order valence-corrected chi connectivity index (χ2v) is 5.12. The Balaban J connectivity index is 2.82. The van der Waals surface area contributed by atoms with Crippen LogP contribution in [0.1, 0.15) is 11.1 Å². The van der Waals surface area contributed by atoms with Crippen molar-refractivity contribution in [2.45, 2.75) is 6.18 Å². The Morgan fingerprint density at radius 1 is 1.28 bits per heavy atom. The molecule has 1 aromatic carbocycles. The van der Waals surface area contributed by atoms with Crippen molar-refractivity contribution in [2.24, 2.45) is 0 Å². The van der Waals surface area contributed by atoms with E-state index in [2.05, 4.69) is 4.18 Å². The summed E-state index contributed by atoms with van der Waals surface area (Å²) in [6, 6.07) is 5.00. The predicted molar refractivity (Wildman–Crippen MR) is 61.3 cm³/mol. The van der Waals surface area contributed by atoms with E-state index in [-0.39, 0.29) is 12.2 Å². The number of alkyl halides is 3. The van der Waals surface area contributed by atoms with Crippen molar-refractivity contribution < 1.29 is 25.8 Å². The van der Waals surface area contributed by atoms with Crippen molar-refractivity contribution in [1.82, 2.24) is 0 Å². The van der Waals surface area contributed by atoms with Gasteiger partial charge in [0.2, 0.25) is 0 Å². The van der Waals surface area contributed by atoms with Crippen LogP contribution in [0.2, 0.25) is 0 Å². The number of hydrogen-bond donors (Lipinski definition) is 0. The summed E-state index contributed by atoms with van der Waals surface area (Å²) in [5, 5.41) is 0. The maximum Gasteiger partial charge on any atom is 0.416 e. The monoisotopic (exact) mass is 280 g/mol. The van der Waals surface area contributed by atoms with Gasteiger partial charge < -0.3 is 0 Å². The molecule has 0 unspecified atom stereocenters. The van der Waals surface area contributed by atoms with Crippen LogP contribution in [-0.2, 0) is 20.5 Å². The lowest BCUT2D eigenvalue weighted by molar-refractivity contribution is -0.137. The van der Waals surface area contributed by atoms with E-state index in [0.717, 1.165) is 12.3 Å². The van der Waals surface area contributed by atoms with Crippen LogP contribution >= 0.6 is 0 Å². The van der Waals surface area contributed by atoms with E-state index in [9.17, 15) is 21.6 Å². The highest BCUT2D eigenvalue weighted by Gasteiger charge is 2.32. The summed E-state index contributed by atoms with van der Waals surface area (Å²) in [5.74, 6) is 0. The van der Waals surface area contributed by atoms with Gasteiger partial charge in [0.1, 0.15) is 0 Å². The first-order valence-electron chi connectivity index (χ1n) is 4.87. The number of benzene rings is 1. The number of hydrogen-bond acceptors (Lipinski definition) is 3.